The number of thiophene rings is 1. The summed E-state index contributed by atoms with van der Waals surface area (Å²) in [7, 11) is 0. The first kappa shape index (κ1) is 40.3. The van der Waals surface area contributed by atoms with Gasteiger partial charge in [0, 0.05) is 49.3 Å². The Bertz CT molecular complexity index is 1880. The lowest BCUT2D eigenvalue weighted by Gasteiger charge is -2.51. The third-order valence-electron chi connectivity index (χ3n) is 10.8. The van der Waals surface area contributed by atoms with E-state index >= 15 is 0 Å². The van der Waals surface area contributed by atoms with Gasteiger partial charge in [-0.25, -0.2) is 0 Å². The molecule has 2 N–H and O–H groups in total. The van der Waals surface area contributed by atoms with Crippen LogP contribution >= 0.6 is 11.3 Å². The van der Waals surface area contributed by atoms with Gasteiger partial charge in [-0.3, -0.25) is 19.4 Å². The van der Waals surface area contributed by atoms with E-state index in [0.717, 1.165) is 34.7 Å². The van der Waals surface area contributed by atoms with E-state index in [1.807, 2.05) is 0 Å². The highest BCUT2D eigenvalue weighted by Crippen LogP contribution is 2.45. The van der Waals surface area contributed by atoms with Gasteiger partial charge in [-0.1, -0.05) is 31.5 Å². The number of carbonyl (C=O) groups excluding carboxylic acids is 2. The van der Waals surface area contributed by atoms with Crippen molar-refractivity contribution in [2.24, 2.45) is 5.92 Å². The Hall–Kier alpha value is -4.38. The molecule has 3 aromatic rings. The maximum absolute atomic E-state index is 14.9. The molecule has 1 aromatic carbocycles. The second-order valence-electron chi connectivity index (χ2n) is 14.3. The minimum atomic E-state index is -4.92. The summed E-state index contributed by atoms with van der Waals surface area (Å²) < 4.78 is 95.7. The van der Waals surface area contributed by atoms with Gasteiger partial charge in [0.2, 0.25) is 5.60 Å². The summed E-state index contributed by atoms with van der Waals surface area (Å²) in [5.74, 6) is -3.07. The summed E-state index contributed by atoms with van der Waals surface area (Å²) in [4.78, 5) is 45.8. The quantitative estimate of drug-likeness (QED) is 0.202. The van der Waals surface area contributed by atoms with E-state index in [-0.39, 0.29) is 63.6 Å². The van der Waals surface area contributed by atoms with Crippen LogP contribution < -0.4 is 9.47 Å². The monoisotopic (exact) mass is 797 g/mol. The Labute approximate surface area is 317 Å². The zero-order valence-corrected chi connectivity index (χ0v) is 30.7. The average molecular weight is 798 g/mol. The van der Waals surface area contributed by atoms with Crippen LogP contribution in [0.4, 0.5) is 26.3 Å². The third kappa shape index (κ3) is 8.27. The average Bonchev–Trinajstić information content (AvgIpc) is 3.82. The number of alkyl halides is 6. The van der Waals surface area contributed by atoms with Crippen LogP contribution in [-0.2, 0) is 27.5 Å². The molecule has 4 heterocycles. The van der Waals surface area contributed by atoms with E-state index in [9.17, 15) is 50.9 Å². The van der Waals surface area contributed by atoms with E-state index in [0.29, 0.717) is 48.3 Å². The van der Waals surface area contributed by atoms with Crippen molar-refractivity contribution in [2.45, 2.75) is 100 Å². The van der Waals surface area contributed by atoms with Crippen molar-refractivity contribution < 1.29 is 60.4 Å². The molecule has 0 radical (unpaired) electrons. The van der Waals surface area contributed by atoms with Gasteiger partial charge in [-0.05, 0) is 63.1 Å². The topological polar surface area (TPSA) is 130 Å². The van der Waals surface area contributed by atoms with E-state index in [4.69, 9.17) is 9.47 Å². The molecule has 10 nitrogen and oxygen atoms in total. The molecular weight excluding hydrogens is 756 g/mol. The first-order chi connectivity index (χ1) is 26.0. The number of halogens is 6. The highest BCUT2D eigenvalue weighted by molar-refractivity contribution is 7.10. The van der Waals surface area contributed by atoms with Crippen molar-refractivity contribution >= 4 is 29.1 Å². The number of carboxylic acids is 1. The van der Waals surface area contributed by atoms with Crippen molar-refractivity contribution in [3.63, 3.8) is 0 Å². The molecule has 4 atom stereocenters. The Balaban J connectivity index is 1.31. The van der Waals surface area contributed by atoms with Crippen LogP contribution in [0.3, 0.4) is 0 Å². The molecule has 17 heteroatoms. The lowest BCUT2D eigenvalue weighted by atomic mass is 9.78. The Morgan fingerprint density at radius 2 is 1.71 bits per heavy atom. The maximum Gasteiger partial charge on any atom is 0.425 e. The van der Waals surface area contributed by atoms with Gasteiger partial charge >= 0.3 is 18.3 Å². The number of piperidine rings is 2. The standard InChI is InChI=1S/C38H41F6N3O7S/c1-2-7-29-36(54-25-21-30(55-22-25)38(42,43)44,13-6-17-47(29)32(48)31-27(37(39,40)41)9-5-16-45-31)34(51)46-18-14-35(52,15-19-46)26-8-3-4-10-28(26)53-24-12-11-23(20-24)33(49)50/h3-5,8-10,16,21-24,29,52H,2,6-7,11-15,17-20H2,1H3,(H,49,50)/t23-,24-,29+,36-/m0/s1. The first-order valence-corrected chi connectivity index (χ1v) is 19.0. The van der Waals surface area contributed by atoms with Gasteiger partial charge in [-0.2, -0.15) is 26.3 Å². The summed E-state index contributed by atoms with van der Waals surface area (Å²) in [5.41, 5.74) is -5.15. The van der Waals surface area contributed by atoms with Crippen LogP contribution in [0, 0.1) is 5.92 Å². The van der Waals surface area contributed by atoms with Crippen molar-refractivity contribution in [2.75, 3.05) is 19.6 Å². The molecular formula is C38H41F6N3O7S. The normalized spacial score (nSPS) is 24.4. The van der Waals surface area contributed by atoms with Crippen molar-refractivity contribution in [3.8, 4) is 11.5 Å². The molecule has 1 saturated carbocycles. The highest BCUT2D eigenvalue weighted by atomic mass is 32.1. The number of nitrogens with zero attached hydrogens (tertiary/aromatic N) is 3. The SMILES string of the molecule is CCC[C@H]1N(C(=O)c2ncccc2C(F)(F)F)CCC[C@@]1(Oc1csc(C(F)(F)F)c1)C(=O)N1CCC(O)(c2ccccc2O[C@H]2CC[C@H](C(=O)O)C2)CC1. The fourth-order valence-electron chi connectivity index (χ4n) is 8.10. The zero-order chi connectivity index (χ0) is 39.8. The summed E-state index contributed by atoms with van der Waals surface area (Å²) in [6.07, 6.45) is -7.19. The smallest absolute Gasteiger partial charge is 0.425 e. The molecule has 55 heavy (non-hydrogen) atoms. The van der Waals surface area contributed by atoms with Gasteiger partial charge < -0.3 is 29.5 Å². The second kappa shape index (κ2) is 15.6. The number of ether oxygens (including phenoxy) is 2. The minimum absolute atomic E-state index is 0.0122. The summed E-state index contributed by atoms with van der Waals surface area (Å²) in [6, 6.07) is 8.19. The number of amides is 2. The van der Waals surface area contributed by atoms with Crippen LogP contribution in [0.25, 0.3) is 0 Å². The van der Waals surface area contributed by atoms with E-state index < -0.39 is 69.4 Å². The highest BCUT2D eigenvalue weighted by Gasteiger charge is 2.57. The molecule has 1 aliphatic carbocycles. The van der Waals surface area contributed by atoms with Crippen LogP contribution in [0.1, 0.15) is 91.2 Å². The summed E-state index contributed by atoms with van der Waals surface area (Å²) in [5, 5.41) is 22.5. The Morgan fingerprint density at radius 1 is 0.982 bits per heavy atom. The van der Waals surface area contributed by atoms with Crippen molar-refractivity contribution in [1.82, 2.24) is 14.8 Å². The van der Waals surface area contributed by atoms with Gasteiger partial charge in [0.1, 0.15) is 22.1 Å². The summed E-state index contributed by atoms with van der Waals surface area (Å²) in [6.45, 7) is 1.61. The molecule has 6 rings (SSSR count). The van der Waals surface area contributed by atoms with Gasteiger partial charge in [0.15, 0.2) is 0 Å². The van der Waals surface area contributed by atoms with Crippen LogP contribution in [-0.4, -0.2) is 80.2 Å². The molecule has 0 bridgehead atoms. The minimum Gasteiger partial charge on any atom is -0.490 e. The number of likely N-dealkylation sites (tertiary alicyclic amines) is 2. The fraction of sp³-hybridized carbons (Fsp3) is 0.526. The molecule has 0 spiro atoms. The lowest BCUT2D eigenvalue weighted by Crippen LogP contribution is -2.68. The van der Waals surface area contributed by atoms with Crippen molar-refractivity contribution in [1.29, 1.82) is 0 Å². The van der Waals surface area contributed by atoms with E-state index in [2.05, 4.69) is 4.98 Å². The Kier molecular flexibility index (Phi) is 11.5. The van der Waals surface area contributed by atoms with Crippen LogP contribution in [0.15, 0.2) is 54.0 Å². The Morgan fingerprint density at radius 3 is 2.35 bits per heavy atom. The maximum atomic E-state index is 14.9. The molecule has 3 aliphatic rings. The van der Waals surface area contributed by atoms with Gasteiger partial charge in [0.05, 0.1) is 29.2 Å². The number of aliphatic carboxylic acids is 1. The molecule has 2 amide bonds. The van der Waals surface area contributed by atoms with Gasteiger partial charge in [0.25, 0.3) is 11.8 Å². The van der Waals surface area contributed by atoms with Gasteiger partial charge in [-0.15, -0.1) is 11.3 Å². The summed E-state index contributed by atoms with van der Waals surface area (Å²) >= 11 is 0.361. The molecule has 2 saturated heterocycles. The first-order valence-electron chi connectivity index (χ1n) is 18.2. The molecule has 2 aliphatic heterocycles. The van der Waals surface area contributed by atoms with E-state index in [1.54, 1.807) is 31.2 Å². The molecule has 298 valence electrons. The number of carboxylic acid groups (broad SMARTS) is 1. The number of carbonyl (C=O) groups is 3. The number of hydrogen-bond donors (Lipinski definition) is 2. The lowest BCUT2D eigenvalue weighted by molar-refractivity contribution is -0.163. The predicted molar refractivity (Wildman–Crippen MR) is 186 cm³/mol. The molecule has 2 aromatic heterocycles. The zero-order valence-electron chi connectivity index (χ0n) is 29.9. The number of pyridine rings is 1. The predicted octanol–water partition coefficient (Wildman–Crippen LogP) is 7.55. The van der Waals surface area contributed by atoms with Crippen LogP contribution in [0.2, 0.25) is 0 Å². The van der Waals surface area contributed by atoms with E-state index in [1.165, 1.54) is 4.90 Å². The number of para-hydroxylation sites is 1. The fourth-order valence-corrected chi connectivity index (χ4v) is 8.77. The number of rotatable bonds is 10. The third-order valence-corrected chi connectivity index (χ3v) is 11.8. The number of hydrogen-bond acceptors (Lipinski definition) is 8. The van der Waals surface area contributed by atoms with Crippen molar-refractivity contribution in [3.05, 3.63) is 75.7 Å². The van der Waals surface area contributed by atoms with Crippen LogP contribution in [0.5, 0.6) is 11.5 Å². The largest absolute Gasteiger partial charge is 0.490 e. The number of aromatic nitrogens is 1. The molecule has 3 fully saturated rings. The molecule has 0 unspecified atom stereocenters. The number of benzene rings is 1. The second-order valence-corrected chi connectivity index (χ2v) is 15.3. The number of aliphatic hydroxyl groups is 1.